The lowest BCUT2D eigenvalue weighted by Crippen LogP contribution is -2.24. The molecular weight excluding hydrogens is 322 g/mol. The highest BCUT2D eigenvalue weighted by molar-refractivity contribution is 7.89. The molecule has 1 aromatic rings. The molecule has 122 valence electrons. The van der Waals surface area contributed by atoms with Crippen molar-refractivity contribution in [3.63, 3.8) is 0 Å². The predicted molar refractivity (Wildman–Crippen MR) is 79.8 cm³/mol. The summed E-state index contributed by atoms with van der Waals surface area (Å²) in [6.07, 6.45) is 4.07. The van der Waals surface area contributed by atoms with Crippen LogP contribution in [0.15, 0.2) is 29.2 Å². The summed E-state index contributed by atoms with van der Waals surface area (Å²) in [6.45, 7) is 1.57. The highest BCUT2D eigenvalue weighted by atomic mass is 32.2. The van der Waals surface area contributed by atoms with Gasteiger partial charge in [0.1, 0.15) is 6.10 Å². The van der Waals surface area contributed by atoms with E-state index in [4.69, 9.17) is 15.9 Å². The average Bonchev–Trinajstić information content (AvgIpc) is 2.83. The summed E-state index contributed by atoms with van der Waals surface area (Å²) in [5.74, 6) is 0.862. The fourth-order valence-electron chi connectivity index (χ4n) is 2.00. The van der Waals surface area contributed by atoms with Gasteiger partial charge in [0.15, 0.2) is 0 Å². The van der Waals surface area contributed by atoms with E-state index in [1.54, 1.807) is 6.92 Å². The second-order valence-electron chi connectivity index (χ2n) is 4.93. The summed E-state index contributed by atoms with van der Waals surface area (Å²) < 4.78 is 35.9. The number of carbonyl (C=O) groups excluding carboxylic acids is 2. The van der Waals surface area contributed by atoms with Gasteiger partial charge in [0.25, 0.3) is 0 Å². The van der Waals surface area contributed by atoms with Crippen molar-refractivity contribution in [2.45, 2.75) is 30.4 Å². The van der Waals surface area contributed by atoms with E-state index in [1.165, 1.54) is 24.3 Å². The van der Waals surface area contributed by atoms with Gasteiger partial charge in [-0.15, -0.1) is 6.42 Å². The zero-order chi connectivity index (χ0) is 17.0. The first-order chi connectivity index (χ1) is 10.8. The number of hydrogen-bond donors (Lipinski definition) is 1. The first-order valence-corrected chi connectivity index (χ1v) is 8.26. The van der Waals surface area contributed by atoms with Crippen LogP contribution in [0.3, 0.4) is 0 Å². The van der Waals surface area contributed by atoms with Gasteiger partial charge >= 0.3 is 11.9 Å². The zero-order valence-electron chi connectivity index (χ0n) is 12.3. The third-order valence-electron chi connectivity index (χ3n) is 3.14. The predicted octanol–water partition coefficient (Wildman–Crippen LogP) is 0.459. The van der Waals surface area contributed by atoms with Crippen LogP contribution in [0.2, 0.25) is 0 Å². The minimum absolute atomic E-state index is 0.0294. The van der Waals surface area contributed by atoms with Gasteiger partial charge in [-0.25, -0.2) is 18.0 Å². The van der Waals surface area contributed by atoms with Crippen molar-refractivity contribution in [1.82, 2.24) is 4.72 Å². The largest absolute Gasteiger partial charge is 0.460 e. The monoisotopic (exact) mass is 337 g/mol. The standard InChI is InChI=1S/C15H15NO6S/c1-3-8-16-23(19,20)12-6-4-11(5-7-12)14(17)22-13-9-10(2)21-15(13)18/h1,4-7,10,13,16H,8-9H2,2H3/t10-,13-/m1/s1. The number of terminal acetylenes is 1. The maximum absolute atomic E-state index is 12.0. The second kappa shape index (κ2) is 6.81. The molecule has 2 atom stereocenters. The topological polar surface area (TPSA) is 98.8 Å². The summed E-state index contributed by atoms with van der Waals surface area (Å²) in [5, 5.41) is 0. The lowest BCUT2D eigenvalue weighted by molar-refractivity contribution is -0.147. The zero-order valence-corrected chi connectivity index (χ0v) is 13.1. The molecule has 0 saturated carbocycles. The van der Waals surface area contributed by atoms with Crippen molar-refractivity contribution >= 4 is 22.0 Å². The molecule has 0 aliphatic carbocycles. The Bertz CT molecular complexity index is 747. The van der Waals surface area contributed by atoms with E-state index in [9.17, 15) is 18.0 Å². The molecule has 0 bridgehead atoms. The fourth-order valence-corrected chi connectivity index (χ4v) is 2.94. The first-order valence-electron chi connectivity index (χ1n) is 6.78. The molecule has 0 aromatic heterocycles. The number of nitrogens with one attached hydrogen (secondary N) is 1. The van der Waals surface area contributed by atoms with Gasteiger partial charge in [-0.3, -0.25) is 0 Å². The highest BCUT2D eigenvalue weighted by Gasteiger charge is 2.35. The van der Waals surface area contributed by atoms with Crippen LogP contribution in [0.5, 0.6) is 0 Å². The van der Waals surface area contributed by atoms with E-state index < -0.39 is 28.1 Å². The Morgan fingerprint density at radius 2 is 2.09 bits per heavy atom. The van der Waals surface area contributed by atoms with Gasteiger partial charge in [-0.2, -0.15) is 4.72 Å². The quantitative estimate of drug-likeness (QED) is 0.619. The molecule has 1 aromatic carbocycles. The summed E-state index contributed by atoms with van der Waals surface area (Å²) in [5.41, 5.74) is 0.133. The van der Waals surface area contributed by atoms with Crippen molar-refractivity contribution in [2.75, 3.05) is 6.54 Å². The second-order valence-corrected chi connectivity index (χ2v) is 6.70. The lowest BCUT2D eigenvalue weighted by atomic mass is 10.2. The van der Waals surface area contributed by atoms with Crippen molar-refractivity contribution in [3.05, 3.63) is 29.8 Å². The van der Waals surface area contributed by atoms with E-state index in [-0.39, 0.29) is 23.1 Å². The fraction of sp³-hybridized carbons (Fsp3) is 0.333. The van der Waals surface area contributed by atoms with Crippen LogP contribution in [0.1, 0.15) is 23.7 Å². The van der Waals surface area contributed by atoms with E-state index in [0.29, 0.717) is 6.42 Å². The maximum Gasteiger partial charge on any atom is 0.347 e. The molecule has 0 radical (unpaired) electrons. The molecule has 1 saturated heterocycles. The maximum atomic E-state index is 12.0. The van der Waals surface area contributed by atoms with E-state index in [2.05, 4.69) is 10.6 Å². The number of esters is 2. The molecule has 2 rings (SSSR count). The smallest absolute Gasteiger partial charge is 0.347 e. The van der Waals surface area contributed by atoms with Crippen LogP contribution >= 0.6 is 0 Å². The van der Waals surface area contributed by atoms with Crippen LogP contribution in [-0.4, -0.2) is 39.1 Å². The number of sulfonamides is 1. The molecule has 1 fully saturated rings. The van der Waals surface area contributed by atoms with Gasteiger partial charge in [-0.1, -0.05) is 5.92 Å². The summed E-state index contributed by atoms with van der Waals surface area (Å²) >= 11 is 0. The molecule has 1 heterocycles. The van der Waals surface area contributed by atoms with Crippen molar-refractivity contribution < 1.29 is 27.5 Å². The van der Waals surface area contributed by atoms with E-state index in [1.807, 2.05) is 0 Å². The minimum Gasteiger partial charge on any atom is -0.460 e. The highest BCUT2D eigenvalue weighted by Crippen LogP contribution is 2.19. The number of cyclic esters (lactones) is 1. The minimum atomic E-state index is -3.72. The van der Waals surface area contributed by atoms with Crippen molar-refractivity contribution in [3.8, 4) is 12.3 Å². The molecule has 23 heavy (non-hydrogen) atoms. The van der Waals surface area contributed by atoms with Crippen LogP contribution < -0.4 is 4.72 Å². The van der Waals surface area contributed by atoms with Crippen LogP contribution in [0.25, 0.3) is 0 Å². The van der Waals surface area contributed by atoms with Crippen LogP contribution in [-0.2, 0) is 24.3 Å². The van der Waals surface area contributed by atoms with Crippen molar-refractivity contribution in [2.24, 2.45) is 0 Å². The lowest BCUT2D eigenvalue weighted by Gasteiger charge is -2.09. The summed E-state index contributed by atoms with van der Waals surface area (Å²) in [4.78, 5) is 23.4. The molecule has 1 N–H and O–H groups in total. The SMILES string of the molecule is C#CCNS(=O)(=O)c1ccc(C(=O)O[C@@H]2C[C@@H](C)OC2=O)cc1. The van der Waals surface area contributed by atoms with Crippen LogP contribution in [0, 0.1) is 12.3 Å². The van der Waals surface area contributed by atoms with Gasteiger partial charge in [0.05, 0.1) is 17.0 Å². The van der Waals surface area contributed by atoms with Gasteiger partial charge in [0, 0.05) is 6.42 Å². The van der Waals surface area contributed by atoms with E-state index >= 15 is 0 Å². The molecular formula is C15H15NO6S. The summed E-state index contributed by atoms with van der Waals surface area (Å²) in [7, 11) is -3.72. The Balaban J connectivity index is 2.06. The van der Waals surface area contributed by atoms with Crippen LogP contribution in [0.4, 0.5) is 0 Å². The van der Waals surface area contributed by atoms with Gasteiger partial charge in [-0.05, 0) is 31.2 Å². The third-order valence-corrected chi connectivity index (χ3v) is 4.56. The normalized spacial score (nSPS) is 20.6. The first kappa shape index (κ1) is 17.0. The van der Waals surface area contributed by atoms with Crippen molar-refractivity contribution in [1.29, 1.82) is 0 Å². The third kappa shape index (κ3) is 4.09. The molecule has 0 unspecified atom stereocenters. The number of benzene rings is 1. The number of rotatable bonds is 5. The number of ether oxygens (including phenoxy) is 2. The Labute approximate surface area is 134 Å². The molecule has 1 aliphatic heterocycles. The number of hydrogen-bond acceptors (Lipinski definition) is 6. The van der Waals surface area contributed by atoms with E-state index in [0.717, 1.165) is 0 Å². The molecule has 8 heteroatoms. The Hall–Kier alpha value is -2.37. The Kier molecular flexibility index (Phi) is 5.03. The number of carbonyl (C=O) groups is 2. The molecule has 0 spiro atoms. The molecule has 7 nitrogen and oxygen atoms in total. The average molecular weight is 337 g/mol. The Morgan fingerprint density at radius 1 is 1.43 bits per heavy atom. The van der Waals surface area contributed by atoms with Gasteiger partial charge < -0.3 is 9.47 Å². The molecule has 0 amide bonds. The van der Waals surface area contributed by atoms with Gasteiger partial charge in [0.2, 0.25) is 16.1 Å². The Morgan fingerprint density at radius 3 is 2.61 bits per heavy atom. The molecule has 1 aliphatic rings. The summed E-state index contributed by atoms with van der Waals surface area (Å²) in [6, 6.07) is 5.11.